The lowest BCUT2D eigenvalue weighted by Gasteiger charge is -2.33. The van der Waals surface area contributed by atoms with Crippen molar-refractivity contribution in [1.82, 2.24) is 19.8 Å². The molecule has 43 heavy (non-hydrogen) atoms. The van der Waals surface area contributed by atoms with Crippen LogP contribution in [-0.2, 0) is 16.1 Å². The van der Waals surface area contributed by atoms with Crippen LogP contribution in [0.25, 0.3) is 11.0 Å². The standard InChI is InChI=1S/C33H44N6O4/c1-22-6-5-17-39(22)21-29-36-27-13-12-26(20-28(27)37-29)35-31(41)24-8-10-25(11-9-24)34-30(40)14-7-23-15-18-38(19-16-23)32(42)43-33(2,3)4/h8-13,20,22-23H,5-7,14-19,21H2,1-4H3,(H,34,40)(H,35,41)(H,36,37)/t22-/m0/s1. The summed E-state index contributed by atoms with van der Waals surface area (Å²) in [5, 5.41) is 5.89. The van der Waals surface area contributed by atoms with Gasteiger partial charge in [0.2, 0.25) is 5.91 Å². The van der Waals surface area contributed by atoms with Crippen molar-refractivity contribution in [1.29, 1.82) is 0 Å². The van der Waals surface area contributed by atoms with E-state index >= 15 is 0 Å². The third-order valence-electron chi connectivity index (χ3n) is 8.31. The minimum Gasteiger partial charge on any atom is -0.444 e. The molecule has 2 aliphatic heterocycles. The summed E-state index contributed by atoms with van der Waals surface area (Å²) < 4.78 is 5.46. The van der Waals surface area contributed by atoms with Gasteiger partial charge in [-0.15, -0.1) is 0 Å². The number of aromatic nitrogens is 2. The van der Waals surface area contributed by atoms with Crippen LogP contribution in [-0.4, -0.2) is 69.0 Å². The molecule has 2 aliphatic rings. The second-order valence-electron chi connectivity index (χ2n) is 12.9. The summed E-state index contributed by atoms with van der Waals surface area (Å²) in [6.07, 6.45) is 5.09. The normalized spacial score (nSPS) is 18.1. The molecule has 230 valence electrons. The summed E-state index contributed by atoms with van der Waals surface area (Å²) in [7, 11) is 0. The minimum atomic E-state index is -0.500. The Morgan fingerprint density at radius 1 is 0.977 bits per heavy atom. The summed E-state index contributed by atoms with van der Waals surface area (Å²) >= 11 is 0. The molecule has 1 atom stereocenters. The number of amides is 3. The Hall–Kier alpha value is -3.92. The maximum atomic E-state index is 12.9. The molecule has 2 aromatic carbocycles. The Morgan fingerprint density at radius 2 is 1.70 bits per heavy atom. The lowest BCUT2D eigenvalue weighted by atomic mass is 9.92. The van der Waals surface area contributed by atoms with Crippen LogP contribution in [0.1, 0.15) is 82.4 Å². The first-order chi connectivity index (χ1) is 20.5. The number of likely N-dealkylation sites (tertiary alicyclic amines) is 2. The summed E-state index contributed by atoms with van der Waals surface area (Å²) in [4.78, 5) is 50.1. The zero-order chi connectivity index (χ0) is 30.6. The lowest BCUT2D eigenvalue weighted by Crippen LogP contribution is -2.41. The maximum Gasteiger partial charge on any atom is 0.410 e. The van der Waals surface area contributed by atoms with Crippen molar-refractivity contribution < 1.29 is 19.1 Å². The number of carbonyl (C=O) groups is 3. The summed E-state index contributed by atoms with van der Waals surface area (Å²) in [6.45, 7) is 11.1. The summed E-state index contributed by atoms with van der Waals surface area (Å²) in [6, 6.07) is 13.2. The van der Waals surface area contributed by atoms with Gasteiger partial charge in [0, 0.05) is 42.5 Å². The zero-order valence-corrected chi connectivity index (χ0v) is 25.7. The molecule has 0 unspecified atom stereocenters. The molecular formula is C33H44N6O4. The highest BCUT2D eigenvalue weighted by atomic mass is 16.6. The molecule has 1 aromatic heterocycles. The highest BCUT2D eigenvalue weighted by Gasteiger charge is 2.27. The number of fused-ring (bicyclic) bond motifs is 1. The van der Waals surface area contributed by atoms with Gasteiger partial charge < -0.3 is 25.3 Å². The van der Waals surface area contributed by atoms with Crippen molar-refractivity contribution in [2.24, 2.45) is 5.92 Å². The summed E-state index contributed by atoms with van der Waals surface area (Å²) in [5.41, 5.74) is 3.12. The Morgan fingerprint density at radius 3 is 2.37 bits per heavy atom. The van der Waals surface area contributed by atoms with Crippen molar-refractivity contribution >= 4 is 40.3 Å². The zero-order valence-electron chi connectivity index (χ0n) is 25.7. The number of hydrogen-bond acceptors (Lipinski definition) is 6. The average Bonchev–Trinajstić information content (AvgIpc) is 3.56. The third kappa shape index (κ3) is 8.34. The molecule has 3 N–H and O–H groups in total. The average molecular weight is 589 g/mol. The second-order valence-corrected chi connectivity index (χ2v) is 12.9. The van der Waals surface area contributed by atoms with Crippen LogP contribution < -0.4 is 10.6 Å². The quantitative estimate of drug-likeness (QED) is 0.290. The fourth-order valence-electron chi connectivity index (χ4n) is 5.83. The lowest BCUT2D eigenvalue weighted by molar-refractivity contribution is -0.116. The van der Waals surface area contributed by atoms with Crippen LogP contribution in [0.5, 0.6) is 0 Å². The van der Waals surface area contributed by atoms with E-state index < -0.39 is 5.60 Å². The van der Waals surface area contributed by atoms with Crippen molar-refractivity contribution in [3.8, 4) is 0 Å². The molecule has 2 saturated heterocycles. The molecule has 0 saturated carbocycles. The van der Waals surface area contributed by atoms with Crippen LogP contribution in [0.15, 0.2) is 42.5 Å². The van der Waals surface area contributed by atoms with E-state index in [1.165, 1.54) is 12.8 Å². The molecule has 0 spiro atoms. The van der Waals surface area contributed by atoms with Gasteiger partial charge in [-0.2, -0.15) is 0 Å². The van der Waals surface area contributed by atoms with Crippen LogP contribution in [0.4, 0.5) is 16.2 Å². The van der Waals surface area contributed by atoms with Gasteiger partial charge in [0.1, 0.15) is 11.4 Å². The number of ether oxygens (including phenoxy) is 1. The largest absolute Gasteiger partial charge is 0.444 e. The van der Waals surface area contributed by atoms with E-state index in [9.17, 15) is 14.4 Å². The molecule has 3 heterocycles. The van der Waals surface area contributed by atoms with Crippen LogP contribution in [0.2, 0.25) is 0 Å². The second kappa shape index (κ2) is 13.2. The van der Waals surface area contributed by atoms with Gasteiger partial charge in [0.25, 0.3) is 5.91 Å². The molecule has 10 heteroatoms. The van der Waals surface area contributed by atoms with E-state index in [2.05, 4.69) is 27.4 Å². The molecular weight excluding hydrogens is 544 g/mol. The maximum absolute atomic E-state index is 12.9. The molecule has 5 rings (SSSR count). The fourth-order valence-corrected chi connectivity index (χ4v) is 5.83. The molecule has 3 amide bonds. The van der Waals surface area contributed by atoms with Gasteiger partial charge in [-0.05, 0) is 115 Å². The van der Waals surface area contributed by atoms with Gasteiger partial charge in [-0.3, -0.25) is 14.5 Å². The molecule has 0 aliphatic carbocycles. The number of nitrogens with zero attached hydrogens (tertiary/aromatic N) is 3. The first-order valence-corrected chi connectivity index (χ1v) is 15.4. The molecule has 2 fully saturated rings. The van der Waals surface area contributed by atoms with Crippen LogP contribution in [0, 0.1) is 5.92 Å². The first kappa shape index (κ1) is 30.5. The number of benzene rings is 2. The number of anilines is 2. The van der Waals surface area contributed by atoms with Crippen molar-refractivity contribution in [2.45, 2.75) is 84.4 Å². The topological polar surface area (TPSA) is 120 Å². The molecule has 0 radical (unpaired) electrons. The number of H-pyrrole nitrogens is 1. The van der Waals surface area contributed by atoms with Crippen LogP contribution in [0.3, 0.4) is 0 Å². The van der Waals surface area contributed by atoms with Crippen molar-refractivity contribution in [3.63, 3.8) is 0 Å². The number of rotatable bonds is 8. The number of imidazole rings is 1. The van der Waals surface area contributed by atoms with Gasteiger partial charge >= 0.3 is 6.09 Å². The first-order valence-electron chi connectivity index (χ1n) is 15.4. The SMILES string of the molecule is C[C@H]1CCCN1Cc1nc2ccc(NC(=O)c3ccc(NC(=O)CCC4CCN(C(=O)OC(C)(C)C)CC4)cc3)cc2[nH]1. The van der Waals surface area contributed by atoms with Gasteiger partial charge in [-0.1, -0.05) is 0 Å². The third-order valence-corrected chi connectivity index (χ3v) is 8.31. The Bertz CT molecular complexity index is 1440. The highest BCUT2D eigenvalue weighted by molar-refractivity contribution is 6.05. The van der Waals surface area contributed by atoms with E-state index in [0.29, 0.717) is 48.4 Å². The highest BCUT2D eigenvalue weighted by Crippen LogP contribution is 2.25. The fraction of sp³-hybridized carbons (Fsp3) is 0.515. The van der Waals surface area contributed by atoms with Gasteiger partial charge in [0.05, 0.1) is 17.6 Å². The molecule has 10 nitrogen and oxygen atoms in total. The Labute approximate surface area is 253 Å². The predicted molar refractivity (Wildman–Crippen MR) is 168 cm³/mol. The number of piperidine rings is 1. The number of carbonyl (C=O) groups excluding carboxylic acids is 3. The smallest absolute Gasteiger partial charge is 0.410 e. The Balaban J connectivity index is 1.06. The van der Waals surface area contributed by atoms with E-state index in [-0.39, 0.29) is 17.9 Å². The van der Waals surface area contributed by atoms with Crippen molar-refractivity contribution in [3.05, 3.63) is 53.9 Å². The number of hydrogen-bond donors (Lipinski definition) is 3. The monoisotopic (exact) mass is 588 g/mol. The van der Waals surface area contributed by atoms with E-state index in [0.717, 1.165) is 49.2 Å². The van der Waals surface area contributed by atoms with Crippen molar-refractivity contribution in [2.75, 3.05) is 30.3 Å². The van der Waals surface area contributed by atoms with E-state index in [4.69, 9.17) is 9.72 Å². The number of nitrogens with one attached hydrogen (secondary N) is 3. The predicted octanol–water partition coefficient (Wildman–Crippen LogP) is 6.17. The Kier molecular flexibility index (Phi) is 9.34. The summed E-state index contributed by atoms with van der Waals surface area (Å²) in [5.74, 6) is 1.06. The minimum absolute atomic E-state index is 0.0572. The molecule has 3 aromatic rings. The molecule has 0 bridgehead atoms. The van der Waals surface area contributed by atoms with Crippen LogP contribution >= 0.6 is 0 Å². The van der Waals surface area contributed by atoms with Gasteiger partial charge in [0.15, 0.2) is 0 Å². The van der Waals surface area contributed by atoms with E-state index in [1.807, 2.05) is 39.0 Å². The number of aromatic amines is 1. The van der Waals surface area contributed by atoms with Gasteiger partial charge in [-0.25, -0.2) is 9.78 Å². The van der Waals surface area contributed by atoms with E-state index in [1.54, 1.807) is 29.2 Å².